The molecule has 3 nitrogen and oxygen atoms in total. The minimum absolute atomic E-state index is 0.0391. The third-order valence-corrected chi connectivity index (χ3v) is 1.80. The lowest BCUT2D eigenvalue weighted by molar-refractivity contribution is -0.136. The molecule has 0 fully saturated rings. The molecule has 1 rings (SSSR count). The van der Waals surface area contributed by atoms with E-state index < -0.39 is 0 Å². The highest BCUT2D eigenvalue weighted by Crippen LogP contribution is 2.13. The lowest BCUT2D eigenvalue weighted by atomic mass is 10.5. The molecular weight excluding hydrogens is 278 g/mol. The predicted octanol–water partition coefficient (Wildman–Crippen LogP) is 1.03. The van der Waals surface area contributed by atoms with E-state index in [1.165, 1.54) is 12.2 Å². The maximum atomic E-state index is 10.9. The molecule has 0 aliphatic carbocycles. The van der Waals surface area contributed by atoms with Gasteiger partial charge in [-0.25, -0.2) is 0 Å². The van der Waals surface area contributed by atoms with Gasteiger partial charge >= 0.3 is 0 Å². The number of hydrogen-bond donors (Lipinski definition) is 0. The summed E-state index contributed by atoms with van der Waals surface area (Å²) in [6, 6.07) is 0. The monoisotopic (exact) mass is 281 g/mol. The van der Waals surface area contributed by atoms with Gasteiger partial charge < -0.3 is 0 Å². The highest BCUT2D eigenvalue weighted by atomic mass is 79.9. The predicted molar refractivity (Wildman–Crippen MR) is 47.5 cm³/mol. The van der Waals surface area contributed by atoms with Crippen LogP contribution in [0.15, 0.2) is 12.2 Å². The number of halogens is 2. The van der Waals surface area contributed by atoms with Crippen molar-refractivity contribution in [2.75, 3.05) is 6.54 Å². The summed E-state index contributed by atoms with van der Waals surface area (Å²) in [5.74, 6) is -0.502. The highest BCUT2D eigenvalue weighted by molar-refractivity contribution is 9.24. The standard InChI is InChI=1S/C6H5Br2NO2/c7-4(8)3-9-5(10)1-2-6(9)11/h1-2,4H,3H2. The summed E-state index contributed by atoms with van der Waals surface area (Å²) in [6.07, 6.45) is 2.54. The van der Waals surface area contributed by atoms with Gasteiger partial charge in [-0.1, -0.05) is 31.9 Å². The summed E-state index contributed by atoms with van der Waals surface area (Å²) in [4.78, 5) is 23.0. The third-order valence-electron chi connectivity index (χ3n) is 1.22. The van der Waals surface area contributed by atoms with E-state index in [1.807, 2.05) is 0 Å². The van der Waals surface area contributed by atoms with Crippen molar-refractivity contribution in [2.45, 2.75) is 3.74 Å². The first-order valence-corrected chi connectivity index (χ1v) is 4.76. The molecule has 0 bridgehead atoms. The molecule has 60 valence electrons. The van der Waals surface area contributed by atoms with Gasteiger partial charge in [-0.3, -0.25) is 14.5 Å². The second-order valence-corrected chi connectivity index (χ2v) is 5.45. The summed E-state index contributed by atoms with van der Waals surface area (Å²) >= 11 is 6.36. The zero-order valence-corrected chi connectivity index (χ0v) is 8.63. The average Bonchev–Trinajstić information content (AvgIpc) is 2.18. The Bertz CT molecular complexity index is 207. The van der Waals surface area contributed by atoms with Gasteiger partial charge in [-0.2, -0.15) is 0 Å². The van der Waals surface area contributed by atoms with E-state index in [2.05, 4.69) is 31.9 Å². The molecule has 5 heteroatoms. The Hall–Kier alpha value is -0.160. The molecule has 0 unspecified atom stereocenters. The minimum Gasteiger partial charge on any atom is -0.273 e. The van der Waals surface area contributed by atoms with Crippen LogP contribution in [-0.4, -0.2) is 27.0 Å². The number of alkyl halides is 2. The Balaban J connectivity index is 2.59. The third kappa shape index (κ3) is 2.13. The quantitative estimate of drug-likeness (QED) is 0.560. The molecular formula is C6H5Br2NO2. The van der Waals surface area contributed by atoms with Crippen LogP contribution in [0.1, 0.15) is 0 Å². The van der Waals surface area contributed by atoms with E-state index in [-0.39, 0.29) is 15.6 Å². The molecule has 0 N–H and O–H groups in total. The Kier molecular flexibility index (Phi) is 2.84. The van der Waals surface area contributed by atoms with Crippen LogP contribution in [0.3, 0.4) is 0 Å². The van der Waals surface area contributed by atoms with Crippen molar-refractivity contribution in [3.8, 4) is 0 Å². The van der Waals surface area contributed by atoms with Crippen LogP contribution >= 0.6 is 31.9 Å². The number of nitrogens with zero attached hydrogens (tertiary/aromatic N) is 1. The van der Waals surface area contributed by atoms with E-state index in [1.54, 1.807) is 0 Å². The maximum absolute atomic E-state index is 10.9. The van der Waals surface area contributed by atoms with Gasteiger partial charge in [0.15, 0.2) is 0 Å². The summed E-state index contributed by atoms with van der Waals surface area (Å²) in [5, 5.41) is 0. The number of carbonyl (C=O) groups is 2. The zero-order valence-electron chi connectivity index (χ0n) is 5.46. The molecule has 0 aromatic rings. The molecule has 1 aliphatic heterocycles. The molecule has 11 heavy (non-hydrogen) atoms. The van der Waals surface area contributed by atoms with Crippen LogP contribution in [0.2, 0.25) is 0 Å². The van der Waals surface area contributed by atoms with Gasteiger partial charge in [-0.05, 0) is 0 Å². The van der Waals surface area contributed by atoms with Gasteiger partial charge in [0.2, 0.25) is 0 Å². The topological polar surface area (TPSA) is 37.4 Å². The van der Waals surface area contributed by atoms with Crippen LogP contribution in [0, 0.1) is 0 Å². The first kappa shape index (κ1) is 8.93. The van der Waals surface area contributed by atoms with E-state index in [9.17, 15) is 9.59 Å². The van der Waals surface area contributed by atoms with Crippen molar-refractivity contribution in [1.82, 2.24) is 4.90 Å². The first-order chi connectivity index (χ1) is 5.11. The van der Waals surface area contributed by atoms with Crippen LogP contribution in [0.5, 0.6) is 0 Å². The highest BCUT2D eigenvalue weighted by Gasteiger charge is 2.24. The largest absolute Gasteiger partial charge is 0.273 e. The van der Waals surface area contributed by atoms with Crippen molar-refractivity contribution < 1.29 is 9.59 Å². The normalized spacial score (nSPS) is 17.2. The van der Waals surface area contributed by atoms with E-state index >= 15 is 0 Å². The first-order valence-electron chi connectivity index (χ1n) is 2.93. The Morgan fingerprint density at radius 3 is 2.09 bits per heavy atom. The van der Waals surface area contributed by atoms with Gasteiger partial charge in [0.25, 0.3) is 11.8 Å². The summed E-state index contributed by atoms with van der Waals surface area (Å²) < 4.78 is -0.0391. The molecule has 0 spiro atoms. The second-order valence-electron chi connectivity index (χ2n) is 2.01. The maximum Gasteiger partial charge on any atom is 0.253 e. The number of imide groups is 1. The Labute approximate surface area is 80.7 Å². The van der Waals surface area contributed by atoms with Crippen molar-refractivity contribution >= 4 is 43.7 Å². The number of hydrogen-bond acceptors (Lipinski definition) is 2. The molecule has 0 radical (unpaired) electrons. The lowest BCUT2D eigenvalue weighted by Crippen LogP contribution is -2.33. The fraction of sp³-hybridized carbons (Fsp3) is 0.333. The van der Waals surface area contributed by atoms with E-state index in [0.29, 0.717) is 6.54 Å². The number of amides is 2. The molecule has 0 saturated carbocycles. The molecule has 0 aromatic heterocycles. The van der Waals surface area contributed by atoms with Crippen molar-refractivity contribution in [3.05, 3.63) is 12.2 Å². The van der Waals surface area contributed by atoms with Crippen LogP contribution in [-0.2, 0) is 9.59 Å². The van der Waals surface area contributed by atoms with Gasteiger partial charge in [0.1, 0.15) is 0 Å². The zero-order chi connectivity index (χ0) is 8.43. The van der Waals surface area contributed by atoms with E-state index in [0.717, 1.165) is 4.90 Å². The SMILES string of the molecule is O=C1C=CC(=O)N1CC(Br)Br. The van der Waals surface area contributed by atoms with Crippen LogP contribution in [0.4, 0.5) is 0 Å². The minimum atomic E-state index is -0.251. The summed E-state index contributed by atoms with van der Waals surface area (Å²) in [6.45, 7) is 0.352. The fourth-order valence-electron chi connectivity index (χ4n) is 0.749. The summed E-state index contributed by atoms with van der Waals surface area (Å²) in [5.41, 5.74) is 0. The average molecular weight is 283 g/mol. The van der Waals surface area contributed by atoms with Crippen LogP contribution < -0.4 is 0 Å². The Morgan fingerprint density at radius 2 is 1.73 bits per heavy atom. The lowest BCUT2D eigenvalue weighted by Gasteiger charge is -2.13. The molecule has 0 aromatic carbocycles. The number of rotatable bonds is 2. The molecule has 1 heterocycles. The summed E-state index contributed by atoms with van der Waals surface area (Å²) in [7, 11) is 0. The van der Waals surface area contributed by atoms with Crippen molar-refractivity contribution in [3.63, 3.8) is 0 Å². The van der Waals surface area contributed by atoms with Gasteiger partial charge in [0.05, 0.1) is 10.3 Å². The molecule has 1 aliphatic rings. The number of carbonyl (C=O) groups excluding carboxylic acids is 2. The smallest absolute Gasteiger partial charge is 0.253 e. The van der Waals surface area contributed by atoms with Crippen LogP contribution in [0.25, 0.3) is 0 Å². The van der Waals surface area contributed by atoms with Crippen molar-refractivity contribution in [2.24, 2.45) is 0 Å². The molecule has 0 saturated heterocycles. The van der Waals surface area contributed by atoms with Crippen molar-refractivity contribution in [1.29, 1.82) is 0 Å². The second kappa shape index (κ2) is 3.49. The van der Waals surface area contributed by atoms with Gasteiger partial charge in [0, 0.05) is 12.2 Å². The molecule has 2 amide bonds. The fourth-order valence-corrected chi connectivity index (χ4v) is 1.33. The van der Waals surface area contributed by atoms with E-state index in [4.69, 9.17) is 0 Å². The van der Waals surface area contributed by atoms with Gasteiger partial charge in [-0.15, -0.1) is 0 Å². The molecule has 0 atom stereocenters. The Morgan fingerprint density at radius 1 is 1.27 bits per heavy atom.